The Bertz CT molecular complexity index is 650. The first-order valence-corrected chi connectivity index (χ1v) is 8.02. The van der Waals surface area contributed by atoms with Gasteiger partial charge in [-0.15, -0.1) is 0 Å². The maximum atomic E-state index is 12.4. The molecule has 2 rings (SSSR count). The number of aliphatic imine (C=N–C) groups is 1. The van der Waals surface area contributed by atoms with Crippen molar-refractivity contribution >= 4 is 34.8 Å². The van der Waals surface area contributed by atoms with Gasteiger partial charge in [-0.1, -0.05) is 39.0 Å². The molecule has 0 aromatic heterocycles. The molecule has 0 bridgehead atoms. The van der Waals surface area contributed by atoms with Gasteiger partial charge in [0.15, 0.2) is 5.17 Å². The molecule has 0 atom stereocenters. The van der Waals surface area contributed by atoms with Gasteiger partial charge in [-0.05, 0) is 17.5 Å². The van der Waals surface area contributed by atoms with E-state index in [9.17, 15) is 14.4 Å². The van der Waals surface area contributed by atoms with Crippen LogP contribution in [0.5, 0.6) is 0 Å². The van der Waals surface area contributed by atoms with E-state index in [-0.39, 0.29) is 28.9 Å². The fourth-order valence-corrected chi connectivity index (χ4v) is 2.68. The summed E-state index contributed by atoms with van der Waals surface area (Å²) in [5, 5.41) is 0.200. The lowest BCUT2D eigenvalue weighted by Gasteiger charge is -2.19. The summed E-state index contributed by atoms with van der Waals surface area (Å²) in [4.78, 5) is 41.0. The van der Waals surface area contributed by atoms with Crippen LogP contribution >= 0.6 is 11.9 Å². The summed E-state index contributed by atoms with van der Waals surface area (Å²) in [6.45, 7) is 5.77. The number of amides is 3. The molecule has 0 fully saturated rings. The standard InChI is InChI=1S/C16H19N3O3S/c1-16(2,3)9-12(20)18-23-15-17-13(21)10-19(15)14(22)11-7-5-4-6-8-11/h4-8H,9-10H2,1-3H3,(H,18,20). The van der Waals surface area contributed by atoms with Crippen LogP contribution in [0, 0.1) is 5.41 Å². The van der Waals surface area contributed by atoms with E-state index in [2.05, 4.69) is 9.71 Å². The number of carbonyl (C=O) groups excluding carboxylic acids is 3. The highest BCUT2D eigenvalue weighted by Gasteiger charge is 2.30. The SMILES string of the molecule is CC(C)(C)CC(=O)NSC1=NC(=O)CN1C(=O)c1ccccc1. The third kappa shape index (κ3) is 4.92. The van der Waals surface area contributed by atoms with Crippen molar-refractivity contribution in [2.45, 2.75) is 27.2 Å². The molecule has 0 saturated carbocycles. The highest BCUT2D eigenvalue weighted by Crippen LogP contribution is 2.20. The number of amidine groups is 1. The van der Waals surface area contributed by atoms with Crippen LogP contribution in [0.3, 0.4) is 0 Å². The second kappa shape index (κ2) is 6.95. The second-order valence-electron chi connectivity index (χ2n) is 6.41. The molecule has 0 spiro atoms. The van der Waals surface area contributed by atoms with Gasteiger partial charge in [0, 0.05) is 23.9 Å². The van der Waals surface area contributed by atoms with Crippen LogP contribution in [0.4, 0.5) is 0 Å². The zero-order valence-corrected chi connectivity index (χ0v) is 14.1. The molecule has 122 valence electrons. The lowest BCUT2D eigenvalue weighted by atomic mass is 9.92. The third-order valence-corrected chi connectivity index (χ3v) is 3.78. The van der Waals surface area contributed by atoms with Gasteiger partial charge in [-0.2, -0.15) is 4.99 Å². The molecular weight excluding hydrogens is 314 g/mol. The minimum atomic E-state index is -0.401. The zero-order chi connectivity index (χ0) is 17.0. The number of hydrogen-bond acceptors (Lipinski definition) is 4. The Labute approximate surface area is 139 Å². The summed E-state index contributed by atoms with van der Waals surface area (Å²) in [6, 6.07) is 8.65. The smallest absolute Gasteiger partial charge is 0.268 e. The van der Waals surface area contributed by atoms with Crippen LogP contribution < -0.4 is 4.72 Å². The van der Waals surface area contributed by atoms with Crippen molar-refractivity contribution < 1.29 is 14.4 Å². The Morgan fingerprint density at radius 1 is 1.26 bits per heavy atom. The minimum Gasteiger partial charge on any atom is -0.293 e. The predicted octanol–water partition coefficient (Wildman–Crippen LogP) is 2.23. The molecule has 7 heteroatoms. The first kappa shape index (κ1) is 17.2. The van der Waals surface area contributed by atoms with E-state index in [0.29, 0.717) is 12.0 Å². The molecule has 0 radical (unpaired) electrons. The number of nitrogens with one attached hydrogen (secondary N) is 1. The van der Waals surface area contributed by atoms with E-state index in [1.165, 1.54) is 4.90 Å². The van der Waals surface area contributed by atoms with Crippen molar-refractivity contribution in [2.75, 3.05) is 6.54 Å². The van der Waals surface area contributed by atoms with Crippen molar-refractivity contribution in [3.63, 3.8) is 0 Å². The first-order valence-electron chi connectivity index (χ1n) is 7.20. The van der Waals surface area contributed by atoms with E-state index in [1.807, 2.05) is 26.8 Å². The fourth-order valence-electron chi connectivity index (χ4n) is 2.00. The third-order valence-electron chi connectivity index (χ3n) is 2.96. The molecule has 3 amide bonds. The topological polar surface area (TPSA) is 78.8 Å². The number of benzene rings is 1. The van der Waals surface area contributed by atoms with Gasteiger partial charge in [-0.25, -0.2) is 0 Å². The van der Waals surface area contributed by atoms with Crippen LogP contribution in [0.15, 0.2) is 35.3 Å². The quantitative estimate of drug-likeness (QED) is 0.842. The average Bonchev–Trinajstić information content (AvgIpc) is 2.84. The van der Waals surface area contributed by atoms with Crippen molar-refractivity contribution in [1.29, 1.82) is 0 Å². The van der Waals surface area contributed by atoms with Crippen molar-refractivity contribution in [3.05, 3.63) is 35.9 Å². The molecule has 6 nitrogen and oxygen atoms in total. The largest absolute Gasteiger partial charge is 0.293 e. The maximum absolute atomic E-state index is 12.4. The van der Waals surface area contributed by atoms with E-state index in [1.54, 1.807) is 24.3 Å². The van der Waals surface area contributed by atoms with Crippen LogP contribution in [-0.4, -0.2) is 34.3 Å². The minimum absolute atomic E-state index is 0.106. The fraction of sp³-hybridized carbons (Fsp3) is 0.375. The van der Waals surface area contributed by atoms with Crippen LogP contribution in [0.2, 0.25) is 0 Å². The molecule has 1 aliphatic heterocycles. The molecule has 1 heterocycles. The summed E-state index contributed by atoms with van der Waals surface area (Å²) in [5.74, 6) is -0.883. The van der Waals surface area contributed by atoms with Crippen molar-refractivity contribution in [1.82, 2.24) is 9.62 Å². The van der Waals surface area contributed by atoms with Gasteiger partial charge in [0.1, 0.15) is 6.54 Å². The molecular formula is C16H19N3O3S. The van der Waals surface area contributed by atoms with Gasteiger partial charge in [0.05, 0.1) is 0 Å². The van der Waals surface area contributed by atoms with E-state index >= 15 is 0 Å². The Morgan fingerprint density at radius 2 is 1.91 bits per heavy atom. The van der Waals surface area contributed by atoms with E-state index in [0.717, 1.165) is 11.9 Å². The van der Waals surface area contributed by atoms with Crippen molar-refractivity contribution in [3.8, 4) is 0 Å². The predicted molar refractivity (Wildman–Crippen MR) is 89.7 cm³/mol. The molecule has 1 N–H and O–H groups in total. The molecule has 1 aromatic carbocycles. The monoisotopic (exact) mass is 333 g/mol. The normalized spacial score (nSPS) is 14.7. The summed E-state index contributed by atoms with van der Waals surface area (Å²) in [6.07, 6.45) is 0.341. The van der Waals surface area contributed by atoms with Crippen molar-refractivity contribution in [2.24, 2.45) is 10.4 Å². The Hall–Kier alpha value is -2.15. The van der Waals surface area contributed by atoms with Crippen LogP contribution in [-0.2, 0) is 9.59 Å². The number of carbonyl (C=O) groups is 3. The summed E-state index contributed by atoms with van der Waals surface area (Å²) < 4.78 is 2.64. The van der Waals surface area contributed by atoms with Gasteiger partial charge >= 0.3 is 0 Å². The number of rotatable bonds is 2. The lowest BCUT2D eigenvalue weighted by Crippen LogP contribution is -2.35. The Balaban J connectivity index is 2.02. The zero-order valence-electron chi connectivity index (χ0n) is 13.3. The maximum Gasteiger partial charge on any atom is 0.268 e. The molecule has 1 aliphatic rings. The van der Waals surface area contributed by atoms with E-state index in [4.69, 9.17) is 0 Å². The van der Waals surface area contributed by atoms with Crippen LogP contribution in [0.1, 0.15) is 37.6 Å². The molecule has 1 aromatic rings. The molecule has 0 aliphatic carbocycles. The lowest BCUT2D eigenvalue weighted by molar-refractivity contribution is -0.121. The Morgan fingerprint density at radius 3 is 2.52 bits per heavy atom. The van der Waals surface area contributed by atoms with Gasteiger partial charge in [-0.3, -0.25) is 24.0 Å². The first-order chi connectivity index (χ1) is 10.8. The van der Waals surface area contributed by atoms with Gasteiger partial charge < -0.3 is 0 Å². The second-order valence-corrected chi connectivity index (χ2v) is 7.18. The summed E-state index contributed by atoms with van der Waals surface area (Å²) in [5.41, 5.74) is 0.328. The number of hydrogen-bond donors (Lipinski definition) is 1. The van der Waals surface area contributed by atoms with E-state index < -0.39 is 5.91 Å². The molecule has 0 saturated heterocycles. The summed E-state index contributed by atoms with van der Waals surface area (Å²) in [7, 11) is 0. The number of nitrogens with zero attached hydrogens (tertiary/aromatic N) is 2. The molecule has 23 heavy (non-hydrogen) atoms. The highest BCUT2D eigenvalue weighted by atomic mass is 32.2. The van der Waals surface area contributed by atoms with Gasteiger partial charge in [0.2, 0.25) is 5.91 Å². The average molecular weight is 333 g/mol. The Kier molecular flexibility index (Phi) is 5.20. The summed E-state index contributed by atoms with van der Waals surface area (Å²) >= 11 is 0.902. The molecule has 0 unspecified atom stereocenters. The van der Waals surface area contributed by atoms with Gasteiger partial charge in [0.25, 0.3) is 11.8 Å². The highest BCUT2D eigenvalue weighted by molar-refractivity contribution is 8.12. The van der Waals surface area contributed by atoms with Crippen LogP contribution in [0.25, 0.3) is 0 Å².